The number of hydrogen-bond donors (Lipinski definition) is 1. The lowest BCUT2D eigenvalue weighted by Crippen LogP contribution is -2.14. The summed E-state index contributed by atoms with van der Waals surface area (Å²) in [5.74, 6) is -0.196. The molecule has 0 aliphatic heterocycles. The molecule has 1 rings (SSSR count). The quantitative estimate of drug-likeness (QED) is 0.726. The fourth-order valence-electron chi connectivity index (χ4n) is 1.33. The van der Waals surface area contributed by atoms with Crippen molar-refractivity contribution in [2.24, 2.45) is 0 Å². The molecular weight excluding hydrogens is 191 g/mol. The topological polar surface area (TPSA) is 35.8 Å². The minimum absolute atomic E-state index is 0.196. The summed E-state index contributed by atoms with van der Waals surface area (Å²) < 4.78 is 12.8. The minimum Gasteiger partial charge on any atom is -0.313 e. The molecule has 0 fully saturated rings. The van der Waals surface area contributed by atoms with Gasteiger partial charge in [-0.05, 0) is 37.1 Å². The zero-order valence-electron chi connectivity index (χ0n) is 8.67. The Bertz CT molecular complexity index is 331. The third-order valence-electron chi connectivity index (χ3n) is 2.11. The summed E-state index contributed by atoms with van der Waals surface area (Å²) in [5.41, 5.74) is 0.954. The SMILES string of the molecule is N#CCCCCNCc1cccc(F)c1. The Morgan fingerprint density at radius 1 is 1.33 bits per heavy atom. The van der Waals surface area contributed by atoms with Crippen molar-refractivity contribution in [3.8, 4) is 6.07 Å². The summed E-state index contributed by atoms with van der Waals surface area (Å²) in [5, 5.41) is 11.5. The van der Waals surface area contributed by atoms with Gasteiger partial charge in [-0.15, -0.1) is 0 Å². The van der Waals surface area contributed by atoms with Gasteiger partial charge in [0.2, 0.25) is 0 Å². The van der Waals surface area contributed by atoms with Gasteiger partial charge in [0, 0.05) is 13.0 Å². The van der Waals surface area contributed by atoms with E-state index in [4.69, 9.17) is 5.26 Å². The molecule has 0 amide bonds. The summed E-state index contributed by atoms with van der Waals surface area (Å²) in [6.07, 6.45) is 2.52. The summed E-state index contributed by atoms with van der Waals surface area (Å²) in [7, 11) is 0. The van der Waals surface area contributed by atoms with Crippen LogP contribution in [-0.4, -0.2) is 6.54 Å². The minimum atomic E-state index is -0.196. The average Bonchev–Trinajstić information content (AvgIpc) is 2.23. The number of rotatable bonds is 6. The van der Waals surface area contributed by atoms with Gasteiger partial charge in [-0.2, -0.15) is 5.26 Å². The van der Waals surface area contributed by atoms with Crippen LogP contribution in [0.4, 0.5) is 4.39 Å². The molecule has 1 aromatic rings. The summed E-state index contributed by atoms with van der Waals surface area (Å²) in [4.78, 5) is 0. The van der Waals surface area contributed by atoms with Crippen LogP contribution in [0.25, 0.3) is 0 Å². The van der Waals surface area contributed by atoms with E-state index >= 15 is 0 Å². The van der Waals surface area contributed by atoms with Gasteiger partial charge < -0.3 is 5.32 Å². The van der Waals surface area contributed by atoms with Crippen molar-refractivity contribution in [3.05, 3.63) is 35.6 Å². The number of halogens is 1. The zero-order valence-corrected chi connectivity index (χ0v) is 8.67. The first-order valence-corrected chi connectivity index (χ1v) is 5.15. The summed E-state index contributed by atoms with van der Waals surface area (Å²) in [6.45, 7) is 1.56. The molecule has 15 heavy (non-hydrogen) atoms. The predicted octanol–water partition coefficient (Wildman–Crippen LogP) is 2.61. The van der Waals surface area contributed by atoms with Crippen LogP contribution in [0.1, 0.15) is 24.8 Å². The number of nitrogens with one attached hydrogen (secondary N) is 1. The van der Waals surface area contributed by atoms with Crippen molar-refractivity contribution in [3.63, 3.8) is 0 Å². The molecule has 0 heterocycles. The second kappa shape index (κ2) is 6.97. The average molecular weight is 206 g/mol. The summed E-state index contributed by atoms with van der Waals surface area (Å²) in [6, 6.07) is 8.68. The van der Waals surface area contributed by atoms with Crippen molar-refractivity contribution in [1.82, 2.24) is 5.32 Å². The van der Waals surface area contributed by atoms with Gasteiger partial charge in [0.15, 0.2) is 0 Å². The molecule has 1 aromatic carbocycles. The van der Waals surface area contributed by atoms with Gasteiger partial charge in [0.05, 0.1) is 6.07 Å². The number of hydrogen-bond acceptors (Lipinski definition) is 2. The lowest BCUT2D eigenvalue weighted by Gasteiger charge is -2.03. The first-order valence-electron chi connectivity index (χ1n) is 5.15. The molecule has 0 saturated heterocycles. The lowest BCUT2D eigenvalue weighted by atomic mass is 10.2. The van der Waals surface area contributed by atoms with Crippen LogP contribution >= 0.6 is 0 Å². The van der Waals surface area contributed by atoms with Crippen LogP contribution in [0.3, 0.4) is 0 Å². The second-order valence-electron chi connectivity index (χ2n) is 3.42. The monoisotopic (exact) mass is 206 g/mol. The van der Waals surface area contributed by atoms with Crippen molar-refractivity contribution in [2.75, 3.05) is 6.54 Å². The van der Waals surface area contributed by atoms with Gasteiger partial charge in [0.1, 0.15) is 5.82 Å². The second-order valence-corrected chi connectivity index (χ2v) is 3.42. The zero-order chi connectivity index (χ0) is 10.9. The van der Waals surface area contributed by atoms with E-state index < -0.39 is 0 Å². The van der Waals surface area contributed by atoms with E-state index in [0.29, 0.717) is 13.0 Å². The van der Waals surface area contributed by atoms with Crippen LogP contribution in [0.15, 0.2) is 24.3 Å². The Balaban J connectivity index is 2.13. The fraction of sp³-hybridized carbons (Fsp3) is 0.417. The smallest absolute Gasteiger partial charge is 0.123 e. The maximum Gasteiger partial charge on any atom is 0.123 e. The van der Waals surface area contributed by atoms with Crippen LogP contribution in [0.2, 0.25) is 0 Å². The standard InChI is InChI=1S/C12H15FN2/c13-12-6-4-5-11(9-12)10-15-8-3-1-2-7-14/h4-6,9,15H,1-3,8,10H2. The van der Waals surface area contributed by atoms with Gasteiger partial charge in [0.25, 0.3) is 0 Å². The molecule has 0 unspecified atom stereocenters. The molecule has 80 valence electrons. The highest BCUT2D eigenvalue weighted by Gasteiger charge is 1.94. The van der Waals surface area contributed by atoms with E-state index in [1.807, 2.05) is 6.07 Å². The number of unbranched alkanes of at least 4 members (excludes halogenated alkanes) is 2. The molecule has 1 N–H and O–H groups in total. The Kier molecular flexibility index (Phi) is 5.42. The Morgan fingerprint density at radius 3 is 2.93 bits per heavy atom. The number of nitrogens with zero attached hydrogens (tertiary/aromatic N) is 1. The summed E-state index contributed by atoms with van der Waals surface area (Å²) >= 11 is 0. The van der Waals surface area contributed by atoms with E-state index in [-0.39, 0.29) is 5.82 Å². The van der Waals surface area contributed by atoms with Crippen molar-refractivity contribution < 1.29 is 4.39 Å². The molecule has 0 bridgehead atoms. The van der Waals surface area contributed by atoms with Crippen LogP contribution in [0, 0.1) is 17.1 Å². The first-order chi connectivity index (χ1) is 7.33. The Labute approximate surface area is 89.7 Å². The van der Waals surface area contributed by atoms with E-state index in [1.165, 1.54) is 12.1 Å². The fourth-order valence-corrected chi connectivity index (χ4v) is 1.33. The molecule has 0 radical (unpaired) electrons. The van der Waals surface area contributed by atoms with Crippen molar-refractivity contribution in [1.29, 1.82) is 5.26 Å². The Morgan fingerprint density at radius 2 is 2.20 bits per heavy atom. The predicted molar refractivity (Wildman–Crippen MR) is 57.6 cm³/mol. The Hall–Kier alpha value is -1.40. The molecule has 3 heteroatoms. The number of benzene rings is 1. The molecule has 0 atom stereocenters. The van der Waals surface area contributed by atoms with Gasteiger partial charge in [-0.3, -0.25) is 0 Å². The van der Waals surface area contributed by atoms with Crippen LogP contribution < -0.4 is 5.32 Å². The first kappa shape index (κ1) is 11.7. The van der Waals surface area contributed by atoms with Gasteiger partial charge in [-0.1, -0.05) is 12.1 Å². The van der Waals surface area contributed by atoms with Crippen molar-refractivity contribution in [2.45, 2.75) is 25.8 Å². The van der Waals surface area contributed by atoms with E-state index in [0.717, 1.165) is 24.9 Å². The molecular formula is C12H15FN2. The van der Waals surface area contributed by atoms with Gasteiger partial charge >= 0.3 is 0 Å². The van der Waals surface area contributed by atoms with Crippen molar-refractivity contribution >= 4 is 0 Å². The molecule has 0 saturated carbocycles. The number of nitriles is 1. The molecule has 0 aromatic heterocycles. The molecule has 2 nitrogen and oxygen atoms in total. The largest absolute Gasteiger partial charge is 0.313 e. The highest BCUT2D eigenvalue weighted by molar-refractivity contribution is 5.15. The molecule has 0 aliphatic carbocycles. The highest BCUT2D eigenvalue weighted by atomic mass is 19.1. The maximum atomic E-state index is 12.8. The third kappa shape index (κ3) is 5.14. The third-order valence-corrected chi connectivity index (χ3v) is 2.11. The maximum absolute atomic E-state index is 12.8. The van der Waals surface area contributed by atoms with Crippen LogP contribution in [0.5, 0.6) is 0 Å². The normalized spacial score (nSPS) is 9.87. The lowest BCUT2D eigenvalue weighted by molar-refractivity contribution is 0.610. The molecule has 0 aliphatic rings. The van der Waals surface area contributed by atoms with E-state index in [2.05, 4.69) is 11.4 Å². The van der Waals surface area contributed by atoms with E-state index in [9.17, 15) is 4.39 Å². The van der Waals surface area contributed by atoms with E-state index in [1.54, 1.807) is 6.07 Å². The van der Waals surface area contributed by atoms with Gasteiger partial charge in [-0.25, -0.2) is 4.39 Å². The van der Waals surface area contributed by atoms with Crippen LogP contribution in [-0.2, 0) is 6.54 Å². The molecule has 0 spiro atoms. The highest BCUT2D eigenvalue weighted by Crippen LogP contribution is 2.02.